The van der Waals surface area contributed by atoms with E-state index in [4.69, 9.17) is 9.84 Å². The van der Waals surface area contributed by atoms with Crippen LogP contribution in [0.4, 0.5) is 0 Å². The van der Waals surface area contributed by atoms with Crippen LogP contribution < -0.4 is 4.74 Å². The lowest BCUT2D eigenvalue weighted by Gasteiger charge is -2.07. The zero-order valence-electron chi connectivity index (χ0n) is 8.72. The molecule has 1 N–H and O–H groups in total. The fourth-order valence-corrected chi connectivity index (χ4v) is 2.27. The summed E-state index contributed by atoms with van der Waals surface area (Å²) >= 11 is 4.93. The van der Waals surface area contributed by atoms with Crippen LogP contribution in [-0.2, 0) is 6.61 Å². The van der Waals surface area contributed by atoms with Crippen LogP contribution in [0.3, 0.4) is 0 Å². The highest BCUT2D eigenvalue weighted by Gasteiger charge is 2.08. The second kappa shape index (κ2) is 5.33. The van der Waals surface area contributed by atoms with E-state index in [-0.39, 0.29) is 5.56 Å². The van der Waals surface area contributed by atoms with Gasteiger partial charge in [0.2, 0.25) is 0 Å². The predicted octanol–water partition coefficient (Wildman–Crippen LogP) is 3.79. The van der Waals surface area contributed by atoms with Crippen molar-refractivity contribution < 1.29 is 14.6 Å². The van der Waals surface area contributed by atoms with Crippen molar-refractivity contribution in [1.82, 2.24) is 0 Å². The Hall–Kier alpha value is -1.33. The summed E-state index contributed by atoms with van der Waals surface area (Å²) in [5.74, 6) is -0.420. The van der Waals surface area contributed by atoms with Crippen LogP contribution in [0.25, 0.3) is 0 Å². The Morgan fingerprint density at radius 1 is 1.41 bits per heavy atom. The molecule has 0 unspecified atom stereocenters. The molecule has 0 aliphatic heterocycles. The minimum atomic E-state index is -0.960. The van der Waals surface area contributed by atoms with Crippen LogP contribution in [0.5, 0.6) is 5.75 Å². The molecular formula is C12H9BrO3S. The summed E-state index contributed by atoms with van der Waals surface area (Å²) in [6.07, 6.45) is 0. The standard InChI is InChI=1S/C12H9BrO3S/c13-10-4-3-8(12(14)15)6-11(10)16-7-9-2-1-5-17-9/h1-6H,7H2,(H,14,15). The van der Waals surface area contributed by atoms with E-state index in [1.165, 1.54) is 12.1 Å². The van der Waals surface area contributed by atoms with E-state index < -0.39 is 5.97 Å². The van der Waals surface area contributed by atoms with Gasteiger partial charge in [0.25, 0.3) is 0 Å². The van der Waals surface area contributed by atoms with Crippen LogP contribution >= 0.6 is 27.3 Å². The van der Waals surface area contributed by atoms with Gasteiger partial charge in [0.1, 0.15) is 12.4 Å². The van der Waals surface area contributed by atoms with Crippen molar-refractivity contribution in [3.05, 3.63) is 50.6 Å². The maximum absolute atomic E-state index is 10.8. The SMILES string of the molecule is O=C(O)c1ccc(Br)c(OCc2cccs2)c1. The Morgan fingerprint density at radius 2 is 2.24 bits per heavy atom. The van der Waals surface area contributed by atoms with Gasteiger partial charge in [-0.3, -0.25) is 0 Å². The molecule has 3 nitrogen and oxygen atoms in total. The first-order valence-electron chi connectivity index (χ1n) is 4.85. The van der Waals surface area contributed by atoms with Crippen LogP contribution in [0.1, 0.15) is 15.2 Å². The normalized spacial score (nSPS) is 10.2. The van der Waals surface area contributed by atoms with Crippen molar-refractivity contribution in [1.29, 1.82) is 0 Å². The molecule has 0 spiro atoms. The number of aromatic carboxylic acids is 1. The van der Waals surface area contributed by atoms with Crippen molar-refractivity contribution in [2.24, 2.45) is 0 Å². The number of hydrogen-bond donors (Lipinski definition) is 1. The van der Waals surface area contributed by atoms with Gasteiger partial charge in [0.15, 0.2) is 0 Å². The Kier molecular flexibility index (Phi) is 3.81. The Balaban J connectivity index is 2.14. The van der Waals surface area contributed by atoms with Gasteiger partial charge >= 0.3 is 5.97 Å². The average Bonchev–Trinajstić information content (AvgIpc) is 2.80. The molecule has 0 aliphatic carbocycles. The minimum Gasteiger partial charge on any atom is -0.487 e. The summed E-state index contributed by atoms with van der Waals surface area (Å²) in [5.41, 5.74) is 0.217. The van der Waals surface area contributed by atoms with E-state index in [2.05, 4.69) is 15.9 Å². The van der Waals surface area contributed by atoms with Crippen molar-refractivity contribution >= 4 is 33.2 Å². The second-order valence-electron chi connectivity index (χ2n) is 3.32. The third-order valence-electron chi connectivity index (χ3n) is 2.13. The van der Waals surface area contributed by atoms with Crippen molar-refractivity contribution in [2.45, 2.75) is 6.61 Å². The number of carbonyl (C=O) groups is 1. The number of hydrogen-bond acceptors (Lipinski definition) is 3. The molecule has 1 aromatic heterocycles. The summed E-state index contributed by atoms with van der Waals surface area (Å²) in [5, 5.41) is 10.9. The largest absolute Gasteiger partial charge is 0.487 e. The molecule has 2 aromatic rings. The molecule has 2 rings (SSSR count). The first-order chi connectivity index (χ1) is 8.16. The van der Waals surface area contributed by atoms with Crippen molar-refractivity contribution in [3.63, 3.8) is 0 Å². The zero-order chi connectivity index (χ0) is 12.3. The molecule has 88 valence electrons. The van der Waals surface area contributed by atoms with Gasteiger partial charge in [-0.15, -0.1) is 11.3 Å². The monoisotopic (exact) mass is 312 g/mol. The molecule has 0 aliphatic rings. The Labute approximate surface area is 111 Å². The second-order valence-corrected chi connectivity index (χ2v) is 5.20. The van der Waals surface area contributed by atoms with Crippen LogP contribution in [0.15, 0.2) is 40.2 Å². The fourth-order valence-electron chi connectivity index (χ4n) is 1.29. The topological polar surface area (TPSA) is 46.5 Å². The van der Waals surface area contributed by atoms with Gasteiger partial charge in [0, 0.05) is 4.88 Å². The molecule has 5 heteroatoms. The Bertz CT molecular complexity index is 523. The molecule has 1 heterocycles. The van der Waals surface area contributed by atoms with Gasteiger partial charge in [0.05, 0.1) is 10.0 Å². The van der Waals surface area contributed by atoms with Gasteiger partial charge < -0.3 is 9.84 Å². The summed E-state index contributed by atoms with van der Waals surface area (Å²) in [4.78, 5) is 11.9. The van der Waals surface area contributed by atoms with E-state index in [9.17, 15) is 4.79 Å². The van der Waals surface area contributed by atoms with Gasteiger partial charge in [-0.1, -0.05) is 6.07 Å². The fraction of sp³-hybridized carbons (Fsp3) is 0.0833. The first-order valence-corrected chi connectivity index (χ1v) is 6.52. The molecule has 0 bridgehead atoms. The third-order valence-corrected chi connectivity index (χ3v) is 3.63. The average molecular weight is 313 g/mol. The summed E-state index contributed by atoms with van der Waals surface area (Å²) in [6, 6.07) is 8.64. The molecule has 0 saturated heterocycles. The van der Waals surface area contributed by atoms with Crippen LogP contribution in [0, 0.1) is 0 Å². The number of halogens is 1. The van der Waals surface area contributed by atoms with Gasteiger partial charge in [-0.05, 0) is 45.6 Å². The molecule has 0 fully saturated rings. The molecular weight excluding hydrogens is 304 g/mol. The number of carboxylic acids is 1. The van der Waals surface area contributed by atoms with Crippen molar-refractivity contribution in [3.8, 4) is 5.75 Å². The zero-order valence-corrected chi connectivity index (χ0v) is 11.1. The van der Waals surface area contributed by atoms with E-state index >= 15 is 0 Å². The summed E-state index contributed by atoms with van der Waals surface area (Å²) in [6.45, 7) is 0.444. The maximum Gasteiger partial charge on any atom is 0.335 e. The number of carboxylic acid groups (broad SMARTS) is 1. The molecule has 17 heavy (non-hydrogen) atoms. The molecule has 0 radical (unpaired) electrons. The maximum atomic E-state index is 10.8. The van der Waals surface area contributed by atoms with Gasteiger partial charge in [-0.25, -0.2) is 4.79 Å². The van der Waals surface area contributed by atoms with Crippen LogP contribution in [0.2, 0.25) is 0 Å². The minimum absolute atomic E-state index is 0.217. The van der Waals surface area contributed by atoms with Crippen LogP contribution in [-0.4, -0.2) is 11.1 Å². The highest BCUT2D eigenvalue weighted by Crippen LogP contribution is 2.27. The smallest absolute Gasteiger partial charge is 0.335 e. The lowest BCUT2D eigenvalue weighted by molar-refractivity contribution is 0.0696. The molecule has 1 aromatic carbocycles. The lowest BCUT2D eigenvalue weighted by Crippen LogP contribution is -1.99. The molecule has 0 atom stereocenters. The lowest BCUT2D eigenvalue weighted by atomic mass is 10.2. The highest BCUT2D eigenvalue weighted by atomic mass is 79.9. The Morgan fingerprint density at radius 3 is 2.88 bits per heavy atom. The van der Waals surface area contributed by atoms with Crippen molar-refractivity contribution in [2.75, 3.05) is 0 Å². The predicted molar refractivity (Wildman–Crippen MR) is 69.8 cm³/mol. The number of thiophene rings is 1. The van der Waals surface area contributed by atoms with E-state index in [1.54, 1.807) is 17.4 Å². The quantitative estimate of drug-likeness (QED) is 0.934. The number of benzene rings is 1. The van der Waals surface area contributed by atoms with Gasteiger partial charge in [-0.2, -0.15) is 0 Å². The number of rotatable bonds is 4. The summed E-state index contributed by atoms with van der Waals surface area (Å²) in [7, 11) is 0. The first kappa shape index (κ1) is 12.1. The third kappa shape index (κ3) is 3.08. The highest BCUT2D eigenvalue weighted by molar-refractivity contribution is 9.10. The number of ether oxygens (including phenoxy) is 1. The molecule has 0 amide bonds. The van der Waals surface area contributed by atoms with E-state index in [0.29, 0.717) is 12.4 Å². The summed E-state index contributed by atoms with van der Waals surface area (Å²) < 4.78 is 6.32. The van der Waals surface area contributed by atoms with E-state index in [0.717, 1.165) is 9.35 Å². The van der Waals surface area contributed by atoms with E-state index in [1.807, 2.05) is 17.5 Å². The molecule has 0 saturated carbocycles.